The number of hydrogen-bond acceptors (Lipinski definition) is 5. The number of carbonyl (C=O) groups excluding carboxylic acids is 2. The summed E-state index contributed by atoms with van der Waals surface area (Å²) >= 11 is 1.30. The van der Waals surface area contributed by atoms with Gasteiger partial charge in [0, 0.05) is 0 Å². The summed E-state index contributed by atoms with van der Waals surface area (Å²) in [5.74, 6) is -0.282. The van der Waals surface area contributed by atoms with Crippen molar-refractivity contribution >= 4 is 23.2 Å². The van der Waals surface area contributed by atoms with Crippen LogP contribution in [0.5, 0.6) is 5.75 Å². The summed E-state index contributed by atoms with van der Waals surface area (Å²) < 4.78 is 10.4. The van der Waals surface area contributed by atoms with Gasteiger partial charge in [0.1, 0.15) is 12.4 Å². The maximum Gasteiger partial charge on any atom is 0.334 e. The third-order valence-electron chi connectivity index (χ3n) is 3.04. The summed E-state index contributed by atoms with van der Waals surface area (Å²) in [5.41, 5.74) is -1.27. The summed E-state index contributed by atoms with van der Waals surface area (Å²) in [5, 5.41) is 4.49. The molecule has 116 valence electrons. The van der Waals surface area contributed by atoms with Gasteiger partial charge in [-0.05, 0) is 30.5 Å². The quantitative estimate of drug-likeness (QED) is 0.831. The molecule has 0 radical (unpaired) electrons. The molecule has 0 aliphatic carbocycles. The highest BCUT2D eigenvalue weighted by Gasteiger charge is 2.37. The predicted octanol–water partition coefficient (Wildman–Crippen LogP) is 2.49. The first-order chi connectivity index (χ1) is 10.5. The van der Waals surface area contributed by atoms with Gasteiger partial charge in [0.05, 0.1) is 12.0 Å². The average molecular weight is 319 g/mol. The van der Waals surface area contributed by atoms with Gasteiger partial charge in [-0.15, -0.1) is 11.3 Å². The Kier molecular flexibility index (Phi) is 5.16. The third-order valence-corrected chi connectivity index (χ3v) is 3.91. The summed E-state index contributed by atoms with van der Waals surface area (Å²) in [4.78, 5) is 24.8. The van der Waals surface area contributed by atoms with E-state index in [0.717, 1.165) is 0 Å². The van der Waals surface area contributed by atoms with E-state index in [-0.39, 0.29) is 12.5 Å². The summed E-state index contributed by atoms with van der Waals surface area (Å²) in [7, 11) is 1.28. The highest BCUT2D eigenvalue weighted by atomic mass is 32.1. The smallest absolute Gasteiger partial charge is 0.334 e. The lowest BCUT2D eigenvalue weighted by Crippen LogP contribution is -2.56. The molecule has 1 amide bonds. The van der Waals surface area contributed by atoms with E-state index in [2.05, 4.69) is 5.32 Å². The highest BCUT2D eigenvalue weighted by molar-refractivity contribution is 7.12. The molecule has 0 aliphatic heterocycles. The Hall–Kier alpha value is -2.34. The average Bonchev–Trinajstić information content (AvgIpc) is 3.08. The van der Waals surface area contributed by atoms with Crippen molar-refractivity contribution in [3.8, 4) is 5.75 Å². The Balaban J connectivity index is 2.10. The molecule has 0 spiro atoms. The van der Waals surface area contributed by atoms with Crippen molar-refractivity contribution in [3.63, 3.8) is 0 Å². The minimum atomic E-state index is -1.27. The number of hydrogen-bond donors (Lipinski definition) is 1. The SMILES string of the molecule is COC(=O)C(C)(COc1ccccc1)NC(=O)c1cccs1. The number of benzene rings is 1. The Bertz CT molecular complexity index is 627. The number of methoxy groups -OCH3 is 1. The van der Waals surface area contributed by atoms with E-state index in [4.69, 9.17) is 9.47 Å². The standard InChI is InChI=1S/C16H17NO4S/c1-16(15(19)20-2,11-21-12-7-4-3-5-8-12)17-14(18)13-9-6-10-22-13/h3-10H,11H2,1-2H3,(H,17,18). The molecule has 1 N–H and O–H groups in total. The molecule has 0 saturated carbocycles. The van der Waals surface area contributed by atoms with Crippen LogP contribution in [0.15, 0.2) is 47.8 Å². The number of nitrogens with one attached hydrogen (secondary N) is 1. The number of esters is 1. The van der Waals surface area contributed by atoms with E-state index in [1.54, 1.807) is 36.6 Å². The van der Waals surface area contributed by atoms with Gasteiger partial charge in [-0.25, -0.2) is 4.79 Å². The van der Waals surface area contributed by atoms with E-state index in [1.807, 2.05) is 18.2 Å². The van der Waals surface area contributed by atoms with E-state index >= 15 is 0 Å². The van der Waals surface area contributed by atoms with Gasteiger partial charge in [-0.2, -0.15) is 0 Å². The normalized spacial score (nSPS) is 13.0. The molecular formula is C16H17NO4S. The maximum absolute atomic E-state index is 12.2. The Morgan fingerprint density at radius 2 is 1.91 bits per heavy atom. The Labute approximate surface area is 132 Å². The zero-order chi connectivity index (χ0) is 16.0. The van der Waals surface area contributed by atoms with Crippen LogP contribution in [0.25, 0.3) is 0 Å². The number of para-hydroxylation sites is 1. The van der Waals surface area contributed by atoms with Gasteiger partial charge in [0.2, 0.25) is 0 Å². The van der Waals surface area contributed by atoms with Crippen molar-refractivity contribution in [3.05, 3.63) is 52.7 Å². The fourth-order valence-electron chi connectivity index (χ4n) is 1.84. The van der Waals surface area contributed by atoms with Gasteiger partial charge in [-0.3, -0.25) is 4.79 Å². The van der Waals surface area contributed by atoms with Crippen LogP contribution in [0.3, 0.4) is 0 Å². The van der Waals surface area contributed by atoms with Crippen molar-refractivity contribution in [2.24, 2.45) is 0 Å². The Morgan fingerprint density at radius 3 is 2.50 bits per heavy atom. The molecule has 22 heavy (non-hydrogen) atoms. The molecule has 1 aromatic heterocycles. The van der Waals surface area contributed by atoms with Crippen LogP contribution < -0.4 is 10.1 Å². The first kappa shape index (κ1) is 16.0. The van der Waals surface area contributed by atoms with Crippen LogP contribution in [0, 0.1) is 0 Å². The molecule has 0 bridgehead atoms. The number of thiophene rings is 1. The zero-order valence-electron chi connectivity index (χ0n) is 12.4. The van der Waals surface area contributed by atoms with E-state index in [0.29, 0.717) is 10.6 Å². The molecule has 1 unspecified atom stereocenters. The fraction of sp³-hybridized carbons (Fsp3) is 0.250. The van der Waals surface area contributed by atoms with E-state index in [1.165, 1.54) is 18.4 Å². The van der Waals surface area contributed by atoms with Crippen molar-refractivity contribution in [1.29, 1.82) is 0 Å². The monoisotopic (exact) mass is 319 g/mol. The van der Waals surface area contributed by atoms with Crippen LogP contribution in [0.4, 0.5) is 0 Å². The lowest BCUT2D eigenvalue weighted by Gasteiger charge is -2.27. The second-order valence-corrected chi connectivity index (χ2v) is 5.80. The second kappa shape index (κ2) is 7.09. The van der Waals surface area contributed by atoms with Crippen molar-refractivity contribution < 1.29 is 19.1 Å². The molecule has 2 aromatic rings. The van der Waals surface area contributed by atoms with Crippen LogP contribution in [-0.2, 0) is 9.53 Å². The number of rotatable bonds is 6. The number of carbonyl (C=O) groups is 2. The molecule has 6 heteroatoms. The van der Waals surface area contributed by atoms with Crippen molar-refractivity contribution in [2.45, 2.75) is 12.5 Å². The third kappa shape index (κ3) is 3.85. The molecule has 1 heterocycles. The molecule has 1 atom stereocenters. The van der Waals surface area contributed by atoms with Gasteiger partial charge in [0.25, 0.3) is 5.91 Å². The lowest BCUT2D eigenvalue weighted by atomic mass is 10.0. The molecule has 2 rings (SSSR count). The molecule has 0 saturated heterocycles. The van der Waals surface area contributed by atoms with Crippen LogP contribution in [-0.4, -0.2) is 31.1 Å². The fourth-order valence-corrected chi connectivity index (χ4v) is 2.45. The second-order valence-electron chi connectivity index (χ2n) is 4.86. The minimum absolute atomic E-state index is 0.0270. The number of amides is 1. The molecule has 5 nitrogen and oxygen atoms in total. The van der Waals surface area contributed by atoms with Crippen molar-refractivity contribution in [2.75, 3.05) is 13.7 Å². The highest BCUT2D eigenvalue weighted by Crippen LogP contribution is 2.16. The number of ether oxygens (including phenoxy) is 2. The van der Waals surface area contributed by atoms with Crippen molar-refractivity contribution in [1.82, 2.24) is 5.32 Å². The Morgan fingerprint density at radius 1 is 1.18 bits per heavy atom. The zero-order valence-corrected chi connectivity index (χ0v) is 13.2. The van der Waals surface area contributed by atoms with Gasteiger partial charge in [0.15, 0.2) is 5.54 Å². The summed E-state index contributed by atoms with van der Waals surface area (Å²) in [6, 6.07) is 12.5. The predicted molar refractivity (Wildman–Crippen MR) is 84.1 cm³/mol. The first-order valence-corrected chi connectivity index (χ1v) is 7.55. The van der Waals surface area contributed by atoms with Crippen LogP contribution in [0.2, 0.25) is 0 Å². The molecular weight excluding hydrogens is 302 g/mol. The molecule has 1 aromatic carbocycles. The van der Waals surface area contributed by atoms with Crippen LogP contribution in [0.1, 0.15) is 16.6 Å². The lowest BCUT2D eigenvalue weighted by molar-refractivity contribution is -0.148. The summed E-state index contributed by atoms with van der Waals surface area (Å²) in [6.07, 6.45) is 0. The van der Waals surface area contributed by atoms with Gasteiger partial charge >= 0.3 is 5.97 Å². The van der Waals surface area contributed by atoms with Crippen LogP contribution >= 0.6 is 11.3 Å². The minimum Gasteiger partial charge on any atom is -0.491 e. The molecule has 0 fully saturated rings. The first-order valence-electron chi connectivity index (χ1n) is 6.67. The van der Waals surface area contributed by atoms with E-state index in [9.17, 15) is 9.59 Å². The maximum atomic E-state index is 12.2. The van der Waals surface area contributed by atoms with E-state index < -0.39 is 11.5 Å². The van der Waals surface area contributed by atoms with Gasteiger partial charge in [-0.1, -0.05) is 24.3 Å². The topological polar surface area (TPSA) is 64.6 Å². The largest absolute Gasteiger partial charge is 0.491 e. The van der Waals surface area contributed by atoms with Gasteiger partial charge < -0.3 is 14.8 Å². The molecule has 0 aliphatic rings. The summed E-state index contributed by atoms with van der Waals surface area (Å²) in [6.45, 7) is 1.55.